The molecular weight excluding hydrogens is 360 g/mol. The molecule has 0 aromatic heterocycles. The molecule has 1 fully saturated rings. The summed E-state index contributed by atoms with van der Waals surface area (Å²) in [6.45, 7) is -0.318. The summed E-state index contributed by atoms with van der Waals surface area (Å²) in [6.07, 6.45) is 0. The zero-order valence-corrected chi connectivity index (χ0v) is 15.4. The second-order valence-electron chi connectivity index (χ2n) is 6.06. The van der Waals surface area contributed by atoms with Gasteiger partial charge >= 0.3 is 0 Å². The van der Waals surface area contributed by atoms with E-state index in [0.29, 0.717) is 22.6 Å². The van der Waals surface area contributed by atoms with Crippen molar-refractivity contribution in [2.75, 3.05) is 20.8 Å². The highest BCUT2D eigenvalue weighted by Crippen LogP contribution is 2.43. The number of methoxy groups -OCH3 is 2. The number of rotatable bonds is 5. The summed E-state index contributed by atoms with van der Waals surface area (Å²) < 4.78 is 10.7. The first kappa shape index (κ1) is 19.0. The number of ketones is 1. The standard InChI is InChI=1S/C21H18N2O5/c1-27-14-8-9-16(28-2)15(12-14)18-17(19(24)13-6-4-3-5-7-13)20(25)21(26)23(18)11-10-22/h3-9,12,18,24H,11H2,1-2H3/b19-17-. The summed E-state index contributed by atoms with van der Waals surface area (Å²) in [5.41, 5.74) is 0.733. The van der Waals surface area contributed by atoms with Crippen LogP contribution in [-0.2, 0) is 9.59 Å². The monoisotopic (exact) mass is 378 g/mol. The molecule has 1 unspecified atom stereocenters. The van der Waals surface area contributed by atoms with Crippen molar-refractivity contribution in [3.05, 3.63) is 65.2 Å². The Kier molecular flexibility index (Phi) is 5.32. The van der Waals surface area contributed by atoms with Crippen molar-refractivity contribution in [1.82, 2.24) is 4.90 Å². The smallest absolute Gasteiger partial charge is 0.296 e. The van der Waals surface area contributed by atoms with E-state index in [2.05, 4.69) is 0 Å². The minimum atomic E-state index is -0.982. The Morgan fingerprint density at radius 1 is 1.14 bits per heavy atom. The third kappa shape index (κ3) is 3.16. The van der Waals surface area contributed by atoms with Crippen molar-refractivity contribution in [2.24, 2.45) is 0 Å². The number of hydrogen-bond acceptors (Lipinski definition) is 6. The Morgan fingerprint density at radius 2 is 1.86 bits per heavy atom. The van der Waals surface area contributed by atoms with Crippen LogP contribution in [0, 0.1) is 11.3 Å². The lowest BCUT2D eigenvalue weighted by atomic mass is 9.94. The summed E-state index contributed by atoms with van der Waals surface area (Å²) in [7, 11) is 2.95. The van der Waals surface area contributed by atoms with Gasteiger partial charge in [0, 0.05) is 11.1 Å². The molecule has 1 N–H and O–H groups in total. The normalized spacial score (nSPS) is 18.0. The largest absolute Gasteiger partial charge is 0.507 e. The highest BCUT2D eigenvalue weighted by atomic mass is 16.5. The van der Waals surface area contributed by atoms with Crippen molar-refractivity contribution >= 4 is 17.4 Å². The second kappa shape index (κ2) is 7.84. The fraction of sp³-hybridized carbons (Fsp3) is 0.190. The molecule has 142 valence electrons. The molecule has 1 heterocycles. The van der Waals surface area contributed by atoms with E-state index >= 15 is 0 Å². The summed E-state index contributed by atoms with van der Waals surface area (Å²) in [5, 5.41) is 20.0. The van der Waals surface area contributed by atoms with Crippen molar-refractivity contribution < 1.29 is 24.2 Å². The van der Waals surface area contributed by atoms with Crippen molar-refractivity contribution in [2.45, 2.75) is 6.04 Å². The van der Waals surface area contributed by atoms with Crippen LogP contribution in [0.4, 0.5) is 0 Å². The van der Waals surface area contributed by atoms with Gasteiger partial charge in [0.15, 0.2) is 0 Å². The lowest BCUT2D eigenvalue weighted by molar-refractivity contribution is -0.139. The van der Waals surface area contributed by atoms with E-state index in [-0.39, 0.29) is 17.9 Å². The van der Waals surface area contributed by atoms with Gasteiger partial charge in [0.2, 0.25) is 0 Å². The van der Waals surface area contributed by atoms with Crippen LogP contribution >= 0.6 is 0 Å². The summed E-state index contributed by atoms with van der Waals surface area (Å²) in [5.74, 6) is -1.14. The lowest BCUT2D eigenvalue weighted by Gasteiger charge is -2.24. The Balaban J connectivity index is 2.28. The number of Topliss-reactive ketones (excluding diaryl/α,β-unsaturated/α-hetero) is 1. The summed E-state index contributed by atoms with van der Waals surface area (Å²) in [4.78, 5) is 26.5. The number of hydrogen-bond donors (Lipinski definition) is 1. The summed E-state index contributed by atoms with van der Waals surface area (Å²) >= 11 is 0. The average Bonchev–Trinajstić information content (AvgIpc) is 2.98. The molecule has 28 heavy (non-hydrogen) atoms. The van der Waals surface area contributed by atoms with Gasteiger partial charge in [0.1, 0.15) is 23.8 Å². The van der Waals surface area contributed by atoms with E-state index in [0.717, 1.165) is 4.90 Å². The number of likely N-dealkylation sites (tertiary alicyclic amines) is 1. The molecule has 1 saturated heterocycles. The molecule has 0 saturated carbocycles. The van der Waals surface area contributed by atoms with E-state index in [1.807, 2.05) is 6.07 Å². The van der Waals surface area contributed by atoms with Crippen LogP contribution in [0.3, 0.4) is 0 Å². The molecule has 2 aromatic carbocycles. The van der Waals surface area contributed by atoms with Crippen molar-refractivity contribution in [1.29, 1.82) is 5.26 Å². The molecule has 2 aromatic rings. The fourth-order valence-corrected chi connectivity index (χ4v) is 3.25. The Bertz CT molecular complexity index is 992. The van der Waals surface area contributed by atoms with Crippen LogP contribution in [0.25, 0.3) is 5.76 Å². The van der Waals surface area contributed by atoms with Crippen LogP contribution in [0.15, 0.2) is 54.1 Å². The molecule has 0 radical (unpaired) electrons. The molecule has 7 heteroatoms. The number of nitrogens with zero attached hydrogens (tertiary/aromatic N) is 2. The van der Waals surface area contributed by atoms with Crippen LogP contribution in [-0.4, -0.2) is 42.5 Å². The zero-order chi connectivity index (χ0) is 20.3. The molecule has 7 nitrogen and oxygen atoms in total. The number of benzene rings is 2. The number of carbonyl (C=O) groups is 2. The van der Waals surface area contributed by atoms with Gasteiger partial charge in [-0.3, -0.25) is 9.59 Å². The Labute approximate surface area is 162 Å². The zero-order valence-electron chi connectivity index (χ0n) is 15.4. The molecule has 0 spiro atoms. The second-order valence-corrected chi connectivity index (χ2v) is 6.06. The number of nitriles is 1. The van der Waals surface area contributed by atoms with Gasteiger partial charge < -0.3 is 19.5 Å². The number of ether oxygens (including phenoxy) is 2. The van der Waals surface area contributed by atoms with E-state index in [9.17, 15) is 20.0 Å². The van der Waals surface area contributed by atoms with Crippen molar-refractivity contribution in [3.8, 4) is 17.6 Å². The number of amides is 1. The Hall–Kier alpha value is -3.79. The van der Waals surface area contributed by atoms with Gasteiger partial charge in [-0.2, -0.15) is 5.26 Å². The van der Waals surface area contributed by atoms with E-state index in [1.54, 1.807) is 48.5 Å². The minimum Gasteiger partial charge on any atom is -0.507 e. The first-order valence-electron chi connectivity index (χ1n) is 8.46. The van der Waals surface area contributed by atoms with Crippen LogP contribution in [0.5, 0.6) is 11.5 Å². The van der Waals surface area contributed by atoms with Gasteiger partial charge in [0.05, 0.1) is 31.9 Å². The average molecular weight is 378 g/mol. The molecule has 1 aliphatic rings. The Morgan fingerprint density at radius 3 is 2.46 bits per heavy atom. The SMILES string of the molecule is COc1ccc(OC)c(C2/C(=C(/O)c3ccccc3)C(=O)C(=O)N2CC#N)c1. The molecular formula is C21H18N2O5. The number of carbonyl (C=O) groups excluding carboxylic acids is 2. The maximum atomic E-state index is 12.8. The molecule has 3 rings (SSSR count). The third-order valence-electron chi connectivity index (χ3n) is 4.56. The number of aliphatic hydroxyl groups is 1. The highest BCUT2D eigenvalue weighted by Gasteiger charge is 2.47. The molecule has 1 atom stereocenters. The lowest BCUT2D eigenvalue weighted by Crippen LogP contribution is -2.30. The van der Waals surface area contributed by atoms with E-state index < -0.39 is 17.7 Å². The topological polar surface area (TPSA) is 99.9 Å². The van der Waals surface area contributed by atoms with Crippen LogP contribution in [0.2, 0.25) is 0 Å². The minimum absolute atomic E-state index is 0.0991. The van der Waals surface area contributed by atoms with E-state index in [4.69, 9.17) is 9.47 Å². The van der Waals surface area contributed by atoms with Gasteiger partial charge in [-0.15, -0.1) is 0 Å². The van der Waals surface area contributed by atoms with E-state index in [1.165, 1.54) is 14.2 Å². The van der Waals surface area contributed by atoms with Gasteiger partial charge in [-0.05, 0) is 18.2 Å². The van der Waals surface area contributed by atoms with Gasteiger partial charge in [-0.25, -0.2) is 0 Å². The van der Waals surface area contributed by atoms with Gasteiger partial charge in [-0.1, -0.05) is 30.3 Å². The maximum absolute atomic E-state index is 12.8. The third-order valence-corrected chi connectivity index (χ3v) is 4.56. The maximum Gasteiger partial charge on any atom is 0.296 e. The molecule has 0 aliphatic carbocycles. The van der Waals surface area contributed by atoms with Crippen LogP contribution in [0.1, 0.15) is 17.2 Å². The van der Waals surface area contributed by atoms with Crippen molar-refractivity contribution in [3.63, 3.8) is 0 Å². The number of aliphatic hydroxyl groups excluding tert-OH is 1. The molecule has 1 aliphatic heterocycles. The predicted octanol–water partition coefficient (Wildman–Crippen LogP) is 2.65. The quantitative estimate of drug-likeness (QED) is 0.372. The molecule has 0 bridgehead atoms. The first-order valence-corrected chi connectivity index (χ1v) is 8.46. The predicted molar refractivity (Wildman–Crippen MR) is 101 cm³/mol. The molecule has 1 amide bonds. The van der Waals surface area contributed by atoms with Crippen LogP contribution < -0.4 is 9.47 Å². The first-order chi connectivity index (χ1) is 13.5. The highest BCUT2D eigenvalue weighted by molar-refractivity contribution is 6.46. The fourth-order valence-electron chi connectivity index (χ4n) is 3.25. The van der Waals surface area contributed by atoms with Gasteiger partial charge in [0.25, 0.3) is 11.7 Å². The summed E-state index contributed by atoms with van der Waals surface area (Å²) in [6, 6.07) is 14.3.